The predicted octanol–water partition coefficient (Wildman–Crippen LogP) is 5.73. The van der Waals surface area contributed by atoms with Crippen molar-refractivity contribution in [1.82, 2.24) is 15.2 Å². The van der Waals surface area contributed by atoms with Gasteiger partial charge in [0.05, 0.1) is 6.04 Å². The van der Waals surface area contributed by atoms with Gasteiger partial charge in [0, 0.05) is 37.8 Å². The first-order valence-electron chi connectivity index (χ1n) is 11.9. The lowest BCUT2D eigenvalue weighted by atomic mass is 9.92. The van der Waals surface area contributed by atoms with Gasteiger partial charge in [-0.3, -0.25) is 9.78 Å². The molecule has 1 aliphatic rings. The quantitative estimate of drug-likeness (QED) is 0.518. The SMILES string of the molecule is CC(C)(C)OC(=O)NCC(CC(=O)N1CCCC[C@@H]1c1cccnc1)c1ccc(OC(F)(F)F)cc1. The molecule has 2 aromatic rings. The van der Waals surface area contributed by atoms with Crippen LogP contribution in [0.15, 0.2) is 48.8 Å². The molecule has 2 amide bonds. The molecule has 1 unspecified atom stereocenters. The monoisotopic (exact) mass is 507 g/mol. The number of nitrogens with one attached hydrogen (secondary N) is 1. The van der Waals surface area contributed by atoms with Crippen molar-refractivity contribution in [1.29, 1.82) is 0 Å². The fourth-order valence-electron chi connectivity index (χ4n) is 4.25. The Balaban J connectivity index is 1.78. The second kappa shape index (κ2) is 11.6. The minimum absolute atomic E-state index is 0.0615. The van der Waals surface area contributed by atoms with Crippen molar-refractivity contribution < 1.29 is 32.2 Å². The molecule has 0 radical (unpaired) electrons. The van der Waals surface area contributed by atoms with Crippen molar-refractivity contribution in [3.63, 3.8) is 0 Å². The van der Waals surface area contributed by atoms with Gasteiger partial charge >= 0.3 is 12.5 Å². The molecule has 0 aliphatic carbocycles. The Kier molecular flexibility index (Phi) is 8.81. The first kappa shape index (κ1) is 27.3. The van der Waals surface area contributed by atoms with Crippen LogP contribution < -0.4 is 10.1 Å². The highest BCUT2D eigenvalue weighted by atomic mass is 19.4. The summed E-state index contributed by atoms with van der Waals surface area (Å²) in [5, 5.41) is 2.69. The molecule has 0 saturated carbocycles. The average molecular weight is 508 g/mol. The Morgan fingerprint density at radius 1 is 1.14 bits per heavy atom. The predicted molar refractivity (Wildman–Crippen MR) is 127 cm³/mol. The van der Waals surface area contributed by atoms with Crippen LogP contribution in [0.25, 0.3) is 0 Å². The number of carbonyl (C=O) groups excluding carboxylic acids is 2. The smallest absolute Gasteiger partial charge is 0.444 e. The van der Waals surface area contributed by atoms with Gasteiger partial charge in [-0.1, -0.05) is 18.2 Å². The molecule has 0 spiro atoms. The molecule has 0 bridgehead atoms. The van der Waals surface area contributed by atoms with Gasteiger partial charge in [0.2, 0.25) is 5.91 Å². The van der Waals surface area contributed by atoms with Crippen molar-refractivity contribution in [3.8, 4) is 5.75 Å². The van der Waals surface area contributed by atoms with Gasteiger partial charge in [-0.15, -0.1) is 13.2 Å². The molecule has 10 heteroatoms. The van der Waals surface area contributed by atoms with E-state index in [1.807, 2.05) is 17.0 Å². The summed E-state index contributed by atoms with van der Waals surface area (Å²) in [5.41, 5.74) is 0.864. The number of halogens is 3. The molecule has 1 N–H and O–H groups in total. The zero-order valence-electron chi connectivity index (χ0n) is 20.7. The van der Waals surface area contributed by atoms with Crippen LogP contribution in [0.1, 0.15) is 69.5 Å². The molecular formula is C26H32F3N3O4. The van der Waals surface area contributed by atoms with Gasteiger partial charge in [-0.2, -0.15) is 0 Å². The fraction of sp³-hybridized carbons (Fsp3) is 0.500. The number of hydrogen-bond acceptors (Lipinski definition) is 5. The van der Waals surface area contributed by atoms with Gasteiger partial charge in [0.1, 0.15) is 11.4 Å². The van der Waals surface area contributed by atoms with Gasteiger partial charge in [-0.05, 0) is 69.4 Å². The van der Waals surface area contributed by atoms with E-state index in [1.165, 1.54) is 24.3 Å². The Bertz CT molecular complexity index is 1010. The molecular weight excluding hydrogens is 475 g/mol. The molecule has 1 fully saturated rings. The van der Waals surface area contributed by atoms with Crippen molar-refractivity contribution in [2.45, 2.75) is 70.4 Å². The molecule has 2 heterocycles. The molecule has 1 saturated heterocycles. The third-order valence-corrected chi connectivity index (χ3v) is 5.79. The van der Waals surface area contributed by atoms with Crippen LogP contribution in [-0.4, -0.2) is 46.9 Å². The number of amides is 2. The molecule has 7 nitrogen and oxygen atoms in total. The number of carbonyl (C=O) groups is 2. The number of rotatable bonds is 7. The van der Waals surface area contributed by atoms with E-state index >= 15 is 0 Å². The van der Waals surface area contributed by atoms with Crippen LogP contribution in [0, 0.1) is 0 Å². The Morgan fingerprint density at radius 2 is 1.86 bits per heavy atom. The van der Waals surface area contributed by atoms with E-state index in [1.54, 1.807) is 33.2 Å². The molecule has 1 aromatic heterocycles. The first-order chi connectivity index (χ1) is 16.9. The number of nitrogens with zero attached hydrogens (tertiary/aromatic N) is 2. The average Bonchev–Trinajstić information content (AvgIpc) is 2.80. The summed E-state index contributed by atoms with van der Waals surface area (Å²) in [5.74, 6) is -0.944. The van der Waals surface area contributed by atoms with Crippen LogP contribution in [0.4, 0.5) is 18.0 Å². The number of ether oxygens (including phenoxy) is 2. The van der Waals surface area contributed by atoms with E-state index in [9.17, 15) is 22.8 Å². The lowest BCUT2D eigenvalue weighted by Crippen LogP contribution is -2.40. The molecule has 196 valence electrons. The second-order valence-corrected chi connectivity index (χ2v) is 9.79. The van der Waals surface area contributed by atoms with Crippen LogP contribution >= 0.6 is 0 Å². The highest BCUT2D eigenvalue weighted by Gasteiger charge is 2.32. The zero-order chi connectivity index (χ0) is 26.3. The van der Waals surface area contributed by atoms with Crippen molar-refractivity contribution in [3.05, 3.63) is 59.9 Å². The molecule has 2 atom stereocenters. The number of likely N-dealkylation sites (tertiary alicyclic amines) is 1. The number of aromatic nitrogens is 1. The highest BCUT2D eigenvalue weighted by molar-refractivity contribution is 5.78. The summed E-state index contributed by atoms with van der Waals surface area (Å²) in [6.07, 6.45) is 0.766. The maximum absolute atomic E-state index is 13.5. The van der Waals surface area contributed by atoms with Gasteiger partial charge in [-0.25, -0.2) is 4.79 Å². The fourth-order valence-corrected chi connectivity index (χ4v) is 4.25. The minimum atomic E-state index is -4.80. The van der Waals surface area contributed by atoms with Crippen LogP contribution in [0.5, 0.6) is 5.75 Å². The third kappa shape index (κ3) is 8.42. The minimum Gasteiger partial charge on any atom is -0.444 e. The summed E-state index contributed by atoms with van der Waals surface area (Å²) in [6, 6.07) is 9.05. The number of piperidine rings is 1. The normalized spacial score (nSPS) is 17.3. The largest absolute Gasteiger partial charge is 0.573 e. The van der Waals surface area contributed by atoms with Crippen LogP contribution in [0.2, 0.25) is 0 Å². The Labute approximate surface area is 209 Å². The number of pyridine rings is 1. The summed E-state index contributed by atoms with van der Waals surface area (Å²) in [6.45, 7) is 5.89. The van der Waals surface area contributed by atoms with Gasteiger partial charge in [0.15, 0.2) is 0 Å². The summed E-state index contributed by atoms with van der Waals surface area (Å²) >= 11 is 0. The number of benzene rings is 1. The van der Waals surface area contributed by atoms with Gasteiger partial charge < -0.3 is 19.7 Å². The van der Waals surface area contributed by atoms with Crippen LogP contribution in [0.3, 0.4) is 0 Å². The first-order valence-corrected chi connectivity index (χ1v) is 11.9. The Hall–Kier alpha value is -3.30. The number of hydrogen-bond donors (Lipinski definition) is 1. The molecule has 1 aromatic carbocycles. The summed E-state index contributed by atoms with van der Waals surface area (Å²) < 4.78 is 46.9. The second-order valence-electron chi connectivity index (χ2n) is 9.79. The Morgan fingerprint density at radius 3 is 2.47 bits per heavy atom. The molecule has 1 aliphatic heterocycles. The van der Waals surface area contributed by atoms with Crippen molar-refractivity contribution in [2.24, 2.45) is 0 Å². The lowest BCUT2D eigenvalue weighted by Gasteiger charge is -2.37. The van der Waals surface area contributed by atoms with E-state index in [2.05, 4.69) is 15.0 Å². The summed E-state index contributed by atoms with van der Waals surface area (Å²) in [4.78, 5) is 31.7. The van der Waals surface area contributed by atoms with E-state index < -0.39 is 24.0 Å². The maximum Gasteiger partial charge on any atom is 0.573 e. The van der Waals surface area contributed by atoms with E-state index in [0.29, 0.717) is 12.1 Å². The van der Waals surface area contributed by atoms with Crippen LogP contribution in [-0.2, 0) is 9.53 Å². The molecule has 36 heavy (non-hydrogen) atoms. The van der Waals surface area contributed by atoms with E-state index in [-0.39, 0.29) is 30.7 Å². The van der Waals surface area contributed by atoms with Crippen molar-refractivity contribution in [2.75, 3.05) is 13.1 Å². The van der Waals surface area contributed by atoms with E-state index in [4.69, 9.17) is 4.74 Å². The summed E-state index contributed by atoms with van der Waals surface area (Å²) in [7, 11) is 0. The third-order valence-electron chi connectivity index (χ3n) is 5.79. The number of alkyl carbamates (subject to hydrolysis) is 1. The maximum atomic E-state index is 13.5. The lowest BCUT2D eigenvalue weighted by molar-refractivity contribution is -0.274. The molecule has 3 rings (SSSR count). The standard InChI is InChI=1S/C26H32F3N3O4/c1-25(2,3)36-24(34)31-17-20(18-9-11-21(12-10-18)35-26(27,28)29)15-23(33)32-14-5-4-8-22(32)19-7-6-13-30-16-19/h6-7,9-13,16,20,22H,4-5,8,14-15,17H2,1-3H3,(H,31,34)/t20?,22-/m1/s1. The topological polar surface area (TPSA) is 80.8 Å². The zero-order valence-corrected chi connectivity index (χ0v) is 20.7. The van der Waals surface area contributed by atoms with Gasteiger partial charge in [0.25, 0.3) is 0 Å². The number of alkyl halides is 3. The van der Waals surface area contributed by atoms with Crippen molar-refractivity contribution >= 4 is 12.0 Å². The highest BCUT2D eigenvalue weighted by Crippen LogP contribution is 2.33. The van der Waals surface area contributed by atoms with E-state index in [0.717, 1.165) is 24.8 Å².